The topological polar surface area (TPSA) is 51.8 Å². The zero-order chi connectivity index (χ0) is 9.26. The Kier molecular flexibility index (Phi) is 1.98. The fourth-order valence-electron chi connectivity index (χ4n) is 1.13. The molecule has 2 heterocycles. The van der Waals surface area contributed by atoms with Crippen LogP contribution in [0.4, 0.5) is 5.82 Å². The number of nitrogens with two attached hydrogens (primary N) is 1. The maximum Gasteiger partial charge on any atom is 0.142 e. The number of aromatic nitrogens is 2. The van der Waals surface area contributed by atoms with Gasteiger partial charge in [-0.05, 0) is 23.9 Å². The number of thiophene rings is 1. The number of rotatable bonds is 1. The van der Waals surface area contributed by atoms with E-state index >= 15 is 0 Å². The highest BCUT2D eigenvalue weighted by Crippen LogP contribution is 2.26. The number of nitrogen functional groups attached to an aromatic ring is 1. The first-order valence-corrected chi connectivity index (χ1v) is 4.77. The predicted octanol–water partition coefficient (Wildman–Crippen LogP) is 2.10. The Hall–Kier alpha value is -1.42. The van der Waals surface area contributed by atoms with Gasteiger partial charge in [0.15, 0.2) is 0 Å². The van der Waals surface area contributed by atoms with Crippen molar-refractivity contribution >= 4 is 17.2 Å². The van der Waals surface area contributed by atoms with E-state index < -0.39 is 0 Å². The molecule has 0 saturated carbocycles. The minimum absolute atomic E-state index is 0.463. The molecule has 2 rings (SSSR count). The van der Waals surface area contributed by atoms with E-state index in [1.807, 2.05) is 5.38 Å². The van der Waals surface area contributed by atoms with Crippen molar-refractivity contribution in [1.29, 1.82) is 0 Å². The van der Waals surface area contributed by atoms with E-state index in [4.69, 9.17) is 5.73 Å². The van der Waals surface area contributed by atoms with Crippen LogP contribution in [0.15, 0.2) is 23.8 Å². The standard InChI is InChI=1S/C9H9N3S/c1-6-2-3-13-9(6)7-4-11-5-8(10)12-7/h2-5H,1H3,(H2,10,12). The van der Waals surface area contributed by atoms with Crippen LogP contribution in [0.1, 0.15) is 5.56 Å². The molecule has 0 bridgehead atoms. The van der Waals surface area contributed by atoms with Crippen LogP contribution in [-0.2, 0) is 0 Å². The molecule has 13 heavy (non-hydrogen) atoms. The van der Waals surface area contributed by atoms with Gasteiger partial charge in [0.25, 0.3) is 0 Å². The summed E-state index contributed by atoms with van der Waals surface area (Å²) < 4.78 is 0. The van der Waals surface area contributed by atoms with Crippen molar-refractivity contribution in [3.8, 4) is 10.6 Å². The van der Waals surface area contributed by atoms with E-state index in [-0.39, 0.29) is 0 Å². The van der Waals surface area contributed by atoms with E-state index in [0.717, 1.165) is 10.6 Å². The van der Waals surface area contributed by atoms with Crippen LogP contribution in [0.3, 0.4) is 0 Å². The van der Waals surface area contributed by atoms with E-state index in [1.54, 1.807) is 23.7 Å². The summed E-state index contributed by atoms with van der Waals surface area (Å²) >= 11 is 1.65. The highest BCUT2D eigenvalue weighted by atomic mass is 32.1. The molecule has 4 heteroatoms. The Bertz CT molecular complexity index is 422. The van der Waals surface area contributed by atoms with Gasteiger partial charge in [-0.1, -0.05) is 0 Å². The van der Waals surface area contributed by atoms with Crippen LogP contribution in [0.25, 0.3) is 10.6 Å². The molecule has 0 saturated heterocycles. The fourth-order valence-corrected chi connectivity index (χ4v) is 2.01. The lowest BCUT2D eigenvalue weighted by Gasteiger charge is -1.98. The maximum absolute atomic E-state index is 5.55. The van der Waals surface area contributed by atoms with Crippen molar-refractivity contribution in [3.05, 3.63) is 29.4 Å². The molecule has 0 aliphatic heterocycles. The van der Waals surface area contributed by atoms with Crippen LogP contribution in [0.5, 0.6) is 0 Å². The molecule has 0 aliphatic rings. The molecule has 0 spiro atoms. The van der Waals surface area contributed by atoms with E-state index in [0.29, 0.717) is 5.82 Å². The Morgan fingerprint density at radius 1 is 1.38 bits per heavy atom. The highest BCUT2D eigenvalue weighted by Gasteiger charge is 2.04. The van der Waals surface area contributed by atoms with Crippen molar-refractivity contribution in [1.82, 2.24) is 9.97 Å². The Balaban J connectivity index is 2.53. The zero-order valence-electron chi connectivity index (χ0n) is 7.19. The zero-order valence-corrected chi connectivity index (χ0v) is 8.01. The van der Waals surface area contributed by atoms with Gasteiger partial charge in [0.05, 0.1) is 17.3 Å². The summed E-state index contributed by atoms with van der Waals surface area (Å²) in [5.74, 6) is 0.463. The average Bonchev–Trinajstić information content (AvgIpc) is 2.51. The summed E-state index contributed by atoms with van der Waals surface area (Å²) in [6.45, 7) is 2.05. The molecule has 0 atom stereocenters. The van der Waals surface area contributed by atoms with Gasteiger partial charge in [-0.3, -0.25) is 4.98 Å². The number of nitrogens with zero attached hydrogens (tertiary/aromatic N) is 2. The number of aryl methyl sites for hydroxylation is 1. The van der Waals surface area contributed by atoms with E-state index in [2.05, 4.69) is 23.0 Å². The van der Waals surface area contributed by atoms with Crippen LogP contribution in [0, 0.1) is 6.92 Å². The second-order valence-corrected chi connectivity index (χ2v) is 3.68. The largest absolute Gasteiger partial charge is 0.382 e. The number of anilines is 1. The minimum Gasteiger partial charge on any atom is -0.382 e. The number of hydrogen-bond acceptors (Lipinski definition) is 4. The molecule has 0 aliphatic carbocycles. The quantitative estimate of drug-likeness (QED) is 0.751. The van der Waals surface area contributed by atoms with Crippen molar-refractivity contribution in [2.24, 2.45) is 0 Å². The van der Waals surface area contributed by atoms with Crippen LogP contribution < -0.4 is 5.73 Å². The molecule has 3 nitrogen and oxygen atoms in total. The van der Waals surface area contributed by atoms with Gasteiger partial charge in [0, 0.05) is 0 Å². The van der Waals surface area contributed by atoms with Gasteiger partial charge in [0.1, 0.15) is 11.5 Å². The Morgan fingerprint density at radius 2 is 2.23 bits per heavy atom. The molecular formula is C9H9N3S. The Morgan fingerprint density at radius 3 is 2.85 bits per heavy atom. The lowest BCUT2D eigenvalue weighted by molar-refractivity contribution is 1.22. The lowest BCUT2D eigenvalue weighted by Crippen LogP contribution is -1.92. The lowest BCUT2D eigenvalue weighted by atomic mass is 10.2. The van der Waals surface area contributed by atoms with Gasteiger partial charge in [-0.25, -0.2) is 4.98 Å². The fraction of sp³-hybridized carbons (Fsp3) is 0.111. The summed E-state index contributed by atoms with van der Waals surface area (Å²) in [7, 11) is 0. The molecule has 0 radical (unpaired) electrons. The van der Waals surface area contributed by atoms with Gasteiger partial charge in [-0.2, -0.15) is 0 Å². The van der Waals surface area contributed by atoms with Crippen molar-refractivity contribution in [2.45, 2.75) is 6.92 Å². The van der Waals surface area contributed by atoms with E-state index in [9.17, 15) is 0 Å². The second-order valence-electron chi connectivity index (χ2n) is 2.76. The van der Waals surface area contributed by atoms with Crippen LogP contribution in [-0.4, -0.2) is 9.97 Å². The third-order valence-corrected chi connectivity index (χ3v) is 2.79. The summed E-state index contributed by atoms with van der Waals surface area (Å²) in [5.41, 5.74) is 7.61. The summed E-state index contributed by atoms with van der Waals surface area (Å²) in [6, 6.07) is 2.06. The van der Waals surface area contributed by atoms with Crippen LogP contribution in [0.2, 0.25) is 0 Å². The highest BCUT2D eigenvalue weighted by molar-refractivity contribution is 7.13. The monoisotopic (exact) mass is 191 g/mol. The third kappa shape index (κ3) is 1.53. The minimum atomic E-state index is 0.463. The Labute approximate surface area is 80.3 Å². The molecule has 0 aromatic carbocycles. The van der Waals surface area contributed by atoms with Crippen molar-refractivity contribution in [3.63, 3.8) is 0 Å². The summed E-state index contributed by atoms with van der Waals surface area (Å²) in [4.78, 5) is 9.34. The molecule has 0 amide bonds. The molecule has 2 aromatic rings. The molecule has 2 aromatic heterocycles. The first-order chi connectivity index (χ1) is 6.27. The first-order valence-electron chi connectivity index (χ1n) is 3.89. The first kappa shape index (κ1) is 8.19. The average molecular weight is 191 g/mol. The van der Waals surface area contributed by atoms with Gasteiger partial charge in [-0.15, -0.1) is 11.3 Å². The summed E-state index contributed by atoms with van der Waals surface area (Å²) in [5, 5.41) is 2.04. The van der Waals surface area contributed by atoms with Crippen molar-refractivity contribution < 1.29 is 0 Å². The summed E-state index contributed by atoms with van der Waals surface area (Å²) in [6.07, 6.45) is 3.28. The smallest absolute Gasteiger partial charge is 0.142 e. The van der Waals surface area contributed by atoms with Crippen molar-refractivity contribution in [2.75, 3.05) is 5.73 Å². The third-order valence-electron chi connectivity index (χ3n) is 1.75. The SMILES string of the molecule is Cc1ccsc1-c1cncc(N)n1. The molecular weight excluding hydrogens is 182 g/mol. The second kappa shape index (κ2) is 3.14. The van der Waals surface area contributed by atoms with Gasteiger partial charge < -0.3 is 5.73 Å². The maximum atomic E-state index is 5.55. The predicted molar refractivity (Wildman–Crippen MR) is 54.5 cm³/mol. The molecule has 2 N–H and O–H groups in total. The number of hydrogen-bond donors (Lipinski definition) is 1. The molecule has 66 valence electrons. The molecule has 0 fully saturated rings. The normalized spacial score (nSPS) is 10.2. The molecule has 0 unspecified atom stereocenters. The van der Waals surface area contributed by atoms with Crippen LogP contribution >= 0.6 is 11.3 Å². The van der Waals surface area contributed by atoms with Gasteiger partial charge in [0.2, 0.25) is 0 Å². The van der Waals surface area contributed by atoms with Gasteiger partial charge >= 0.3 is 0 Å². The van der Waals surface area contributed by atoms with E-state index in [1.165, 1.54) is 5.56 Å².